The summed E-state index contributed by atoms with van der Waals surface area (Å²) in [6.45, 7) is 1.97. The number of anilines is 1. The number of halogens is 1. The summed E-state index contributed by atoms with van der Waals surface area (Å²) in [6, 6.07) is 14.0. The summed E-state index contributed by atoms with van der Waals surface area (Å²) in [7, 11) is 0. The van der Waals surface area contributed by atoms with Crippen LogP contribution in [-0.4, -0.2) is 10.7 Å². The van der Waals surface area contributed by atoms with E-state index in [-0.39, 0.29) is 10.7 Å². The zero-order chi connectivity index (χ0) is 12.3. The van der Waals surface area contributed by atoms with E-state index in [0.717, 1.165) is 17.5 Å². The Labute approximate surface area is 109 Å². The van der Waals surface area contributed by atoms with Crippen molar-refractivity contribution < 1.29 is 4.79 Å². The first-order valence-corrected chi connectivity index (χ1v) is 6.56. The van der Waals surface area contributed by atoms with Gasteiger partial charge in [0.05, 0.1) is 4.83 Å². The molecule has 2 aromatic carbocycles. The van der Waals surface area contributed by atoms with Gasteiger partial charge in [0.15, 0.2) is 0 Å². The predicted molar refractivity (Wildman–Crippen MR) is 75.6 cm³/mol. The molecule has 0 aromatic heterocycles. The maximum Gasteiger partial charge on any atom is 0.238 e. The zero-order valence-corrected chi connectivity index (χ0v) is 11.2. The number of rotatable bonds is 3. The fourth-order valence-corrected chi connectivity index (χ4v) is 1.79. The van der Waals surface area contributed by atoms with Gasteiger partial charge in [-0.1, -0.05) is 53.2 Å². The molecule has 1 atom stereocenters. The molecule has 1 amide bonds. The molecule has 0 saturated carbocycles. The Morgan fingerprint density at radius 3 is 2.65 bits per heavy atom. The van der Waals surface area contributed by atoms with Gasteiger partial charge in [-0.3, -0.25) is 4.79 Å². The van der Waals surface area contributed by atoms with Crippen molar-refractivity contribution in [3.05, 3.63) is 42.5 Å². The summed E-state index contributed by atoms with van der Waals surface area (Å²) in [5.41, 5.74) is 0.839. The van der Waals surface area contributed by atoms with E-state index in [0.29, 0.717) is 0 Å². The number of amides is 1. The average molecular weight is 292 g/mol. The molecule has 0 spiro atoms. The largest absolute Gasteiger partial charge is 0.325 e. The molecule has 88 valence electrons. The minimum Gasteiger partial charge on any atom is -0.325 e. The summed E-state index contributed by atoms with van der Waals surface area (Å²) in [4.78, 5) is 11.6. The van der Waals surface area contributed by atoms with Gasteiger partial charge in [-0.05, 0) is 29.3 Å². The molecule has 0 unspecified atom stereocenters. The smallest absolute Gasteiger partial charge is 0.238 e. The minimum atomic E-state index is -0.131. The van der Waals surface area contributed by atoms with Crippen LogP contribution in [0.25, 0.3) is 10.8 Å². The summed E-state index contributed by atoms with van der Waals surface area (Å²) >= 11 is 3.34. The normalized spacial score (nSPS) is 12.4. The number of carbonyl (C=O) groups excluding carboxylic acids is 1. The molecule has 2 rings (SSSR count). The highest BCUT2D eigenvalue weighted by Gasteiger charge is 2.12. The third-order valence-electron chi connectivity index (χ3n) is 2.66. The van der Waals surface area contributed by atoms with Crippen LogP contribution in [0.15, 0.2) is 42.5 Å². The monoisotopic (exact) mass is 291 g/mol. The van der Waals surface area contributed by atoms with Crippen molar-refractivity contribution in [1.29, 1.82) is 0 Å². The molecular formula is C14H14BrNO. The van der Waals surface area contributed by atoms with E-state index in [1.54, 1.807) is 0 Å². The first-order valence-electron chi connectivity index (χ1n) is 5.64. The van der Waals surface area contributed by atoms with Crippen LogP contribution >= 0.6 is 15.9 Å². The molecule has 0 aliphatic heterocycles. The summed E-state index contributed by atoms with van der Waals surface area (Å²) < 4.78 is 0. The number of fused-ring (bicyclic) bond motifs is 1. The third kappa shape index (κ3) is 2.86. The van der Waals surface area contributed by atoms with E-state index in [9.17, 15) is 4.79 Å². The molecule has 0 heterocycles. The maximum atomic E-state index is 11.7. The van der Waals surface area contributed by atoms with Crippen molar-refractivity contribution in [3.63, 3.8) is 0 Å². The van der Waals surface area contributed by atoms with E-state index in [4.69, 9.17) is 0 Å². The topological polar surface area (TPSA) is 29.1 Å². The fraction of sp³-hybridized carbons (Fsp3) is 0.214. The molecule has 0 aliphatic rings. The molecule has 0 bridgehead atoms. The van der Waals surface area contributed by atoms with Gasteiger partial charge in [-0.15, -0.1) is 0 Å². The van der Waals surface area contributed by atoms with Crippen LogP contribution in [0.3, 0.4) is 0 Å². The van der Waals surface area contributed by atoms with E-state index >= 15 is 0 Å². The van der Waals surface area contributed by atoms with E-state index in [1.807, 2.05) is 43.3 Å². The molecule has 0 radical (unpaired) electrons. The molecule has 2 nitrogen and oxygen atoms in total. The van der Waals surface area contributed by atoms with Crippen LogP contribution in [-0.2, 0) is 4.79 Å². The van der Waals surface area contributed by atoms with Crippen LogP contribution in [0.1, 0.15) is 13.3 Å². The Morgan fingerprint density at radius 1 is 1.24 bits per heavy atom. The van der Waals surface area contributed by atoms with Gasteiger partial charge in [-0.25, -0.2) is 0 Å². The van der Waals surface area contributed by atoms with Crippen molar-refractivity contribution in [2.45, 2.75) is 18.2 Å². The molecule has 17 heavy (non-hydrogen) atoms. The number of carbonyl (C=O) groups is 1. The van der Waals surface area contributed by atoms with Crippen LogP contribution in [0.4, 0.5) is 5.69 Å². The standard InChI is InChI=1S/C14H14BrNO/c1-2-13(15)14(17)16-12-8-7-10-5-3-4-6-11(10)9-12/h3-9,13H,2H2,1H3,(H,16,17)/t13-/m1/s1. The van der Waals surface area contributed by atoms with Crippen molar-refractivity contribution >= 4 is 38.3 Å². The lowest BCUT2D eigenvalue weighted by molar-refractivity contribution is -0.115. The minimum absolute atomic E-state index is 0.00258. The van der Waals surface area contributed by atoms with Crippen LogP contribution in [0.5, 0.6) is 0 Å². The SMILES string of the molecule is CC[C@@H](Br)C(=O)Nc1ccc2ccccc2c1. The first kappa shape index (κ1) is 12.1. The summed E-state index contributed by atoms with van der Waals surface area (Å²) in [6.07, 6.45) is 0.777. The van der Waals surface area contributed by atoms with Crippen LogP contribution in [0, 0.1) is 0 Å². The second-order valence-electron chi connectivity index (χ2n) is 3.93. The number of nitrogens with one attached hydrogen (secondary N) is 1. The Bertz CT molecular complexity index is 538. The molecule has 0 saturated heterocycles. The second-order valence-corrected chi connectivity index (χ2v) is 5.03. The lowest BCUT2D eigenvalue weighted by Crippen LogP contribution is -2.21. The Morgan fingerprint density at radius 2 is 1.94 bits per heavy atom. The molecule has 1 N–H and O–H groups in total. The number of alkyl halides is 1. The zero-order valence-electron chi connectivity index (χ0n) is 9.61. The third-order valence-corrected chi connectivity index (χ3v) is 3.72. The van der Waals surface area contributed by atoms with Crippen molar-refractivity contribution in [3.8, 4) is 0 Å². The Balaban J connectivity index is 2.22. The van der Waals surface area contributed by atoms with Gasteiger partial charge >= 0.3 is 0 Å². The number of benzene rings is 2. The van der Waals surface area contributed by atoms with Gasteiger partial charge in [0.1, 0.15) is 0 Å². The van der Waals surface area contributed by atoms with Crippen molar-refractivity contribution in [2.75, 3.05) is 5.32 Å². The highest BCUT2D eigenvalue weighted by molar-refractivity contribution is 9.10. The maximum absolute atomic E-state index is 11.7. The van der Waals surface area contributed by atoms with Gasteiger partial charge in [0.25, 0.3) is 0 Å². The summed E-state index contributed by atoms with van der Waals surface area (Å²) in [5.74, 6) is 0.00258. The van der Waals surface area contributed by atoms with Gasteiger partial charge in [0.2, 0.25) is 5.91 Å². The molecule has 0 aliphatic carbocycles. The Hall–Kier alpha value is -1.35. The number of hydrogen-bond acceptors (Lipinski definition) is 1. The first-order chi connectivity index (χ1) is 8.20. The van der Waals surface area contributed by atoms with E-state index in [1.165, 1.54) is 5.39 Å². The lowest BCUT2D eigenvalue weighted by atomic mass is 10.1. The van der Waals surface area contributed by atoms with Crippen molar-refractivity contribution in [2.24, 2.45) is 0 Å². The Kier molecular flexibility index (Phi) is 3.79. The van der Waals surface area contributed by atoms with Crippen LogP contribution < -0.4 is 5.32 Å². The number of hydrogen-bond donors (Lipinski definition) is 1. The fourth-order valence-electron chi connectivity index (χ4n) is 1.67. The lowest BCUT2D eigenvalue weighted by Gasteiger charge is -2.09. The van der Waals surface area contributed by atoms with Crippen molar-refractivity contribution in [1.82, 2.24) is 0 Å². The van der Waals surface area contributed by atoms with E-state index in [2.05, 4.69) is 27.3 Å². The molecule has 2 aromatic rings. The van der Waals surface area contributed by atoms with Crippen LogP contribution in [0.2, 0.25) is 0 Å². The average Bonchev–Trinajstić information content (AvgIpc) is 2.37. The highest BCUT2D eigenvalue weighted by atomic mass is 79.9. The molecular weight excluding hydrogens is 278 g/mol. The van der Waals surface area contributed by atoms with Gasteiger partial charge in [-0.2, -0.15) is 0 Å². The summed E-state index contributed by atoms with van der Waals surface area (Å²) in [5, 5.41) is 5.21. The quantitative estimate of drug-likeness (QED) is 0.853. The van der Waals surface area contributed by atoms with Gasteiger partial charge < -0.3 is 5.32 Å². The second kappa shape index (κ2) is 5.32. The van der Waals surface area contributed by atoms with Gasteiger partial charge in [0, 0.05) is 5.69 Å². The predicted octanol–water partition coefficient (Wildman–Crippen LogP) is 3.95. The molecule has 3 heteroatoms. The van der Waals surface area contributed by atoms with E-state index < -0.39 is 0 Å². The highest BCUT2D eigenvalue weighted by Crippen LogP contribution is 2.19. The molecule has 0 fully saturated rings.